The molecule has 0 heterocycles. The Morgan fingerprint density at radius 2 is 2.17 bits per heavy atom. The molecule has 1 aromatic rings. The fourth-order valence-electron chi connectivity index (χ4n) is 1.33. The lowest BCUT2D eigenvalue weighted by atomic mass is 10.1. The molecule has 0 aliphatic carbocycles. The lowest BCUT2D eigenvalue weighted by Crippen LogP contribution is -2.48. The molecule has 1 aromatic carbocycles. The molecular formula is C13H17N3O2. The fourth-order valence-corrected chi connectivity index (χ4v) is 1.33. The fraction of sp³-hybridized carbons (Fsp3) is 0.385. The molecule has 0 unspecified atom stereocenters. The van der Waals surface area contributed by atoms with Crippen molar-refractivity contribution in [2.75, 3.05) is 11.9 Å². The summed E-state index contributed by atoms with van der Waals surface area (Å²) in [6.45, 7) is 5.11. The third kappa shape index (κ3) is 3.75. The molecule has 0 aliphatic heterocycles. The molecule has 0 aliphatic rings. The molecule has 5 nitrogen and oxygen atoms in total. The molecule has 0 fully saturated rings. The van der Waals surface area contributed by atoms with Gasteiger partial charge in [-0.25, -0.2) is 4.79 Å². The summed E-state index contributed by atoms with van der Waals surface area (Å²) in [6, 6.07) is 6.68. The zero-order valence-corrected chi connectivity index (χ0v) is 10.7. The van der Waals surface area contributed by atoms with E-state index in [0.29, 0.717) is 11.3 Å². The van der Waals surface area contributed by atoms with Gasteiger partial charge in [0.25, 0.3) is 0 Å². The maximum absolute atomic E-state index is 11.7. The number of benzene rings is 1. The van der Waals surface area contributed by atoms with Gasteiger partial charge in [-0.1, -0.05) is 6.07 Å². The summed E-state index contributed by atoms with van der Waals surface area (Å²) < 4.78 is 0. The zero-order chi connectivity index (χ0) is 13.8. The van der Waals surface area contributed by atoms with E-state index in [2.05, 4.69) is 10.6 Å². The van der Waals surface area contributed by atoms with Gasteiger partial charge < -0.3 is 15.7 Å². The molecule has 0 bridgehead atoms. The number of anilines is 1. The number of aryl methyl sites for hydroxylation is 1. The number of hydrogen-bond donors (Lipinski definition) is 3. The maximum atomic E-state index is 11.7. The van der Waals surface area contributed by atoms with E-state index in [0.717, 1.165) is 5.56 Å². The molecule has 2 amide bonds. The van der Waals surface area contributed by atoms with Crippen LogP contribution in [0.3, 0.4) is 0 Å². The third-order valence-electron chi connectivity index (χ3n) is 2.46. The lowest BCUT2D eigenvalue weighted by molar-refractivity contribution is 0.187. The first-order chi connectivity index (χ1) is 8.38. The second kappa shape index (κ2) is 5.52. The summed E-state index contributed by atoms with van der Waals surface area (Å²) >= 11 is 0. The van der Waals surface area contributed by atoms with Crippen molar-refractivity contribution in [3.05, 3.63) is 29.3 Å². The first kappa shape index (κ1) is 14.0. The second-order valence-electron chi connectivity index (χ2n) is 4.76. The predicted molar refractivity (Wildman–Crippen MR) is 69.2 cm³/mol. The van der Waals surface area contributed by atoms with E-state index in [1.165, 1.54) is 0 Å². The van der Waals surface area contributed by atoms with Crippen LogP contribution in [0.15, 0.2) is 18.2 Å². The first-order valence-corrected chi connectivity index (χ1v) is 5.59. The second-order valence-corrected chi connectivity index (χ2v) is 4.76. The van der Waals surface area contributed by atoms with Crippen LogP contribution in [0.2, 0.25) is 0 Å². The predicted octanol–water partition coefficient (Wildman–Crippen LogP) is 1.76. The van der Waals surface area contributed by atoms with Gasteiger partial charge in [0, 0.05) is 5.69 Å². The normalized spacial score (nSPS) is 10.6. The summed E-state index contributed by atoms with van der Waals surface area (Å²) in [7, 11) is 0. The largest absolute Gasteiger partial charge is 0.394 e. The molecule has 5 heteroatoms. The number of rotatable bonds is 3. The van der Waals surface area contributed by atoms with Crippen molar-refractivity contribution >= 4 is 11.7 Å². The van der Waals surface area contributed by atoms with Crippen LogP contribution in [0.25, 0.3) is 0 Å². The van der Waals surface area contributed by atoms with Crippen LogP contribution in [0, 0.1) is 18.3 Å². The Balaban J connectivity index is 2.79. The van der Waals surface area contributed by atoms with Gasteiger partial charge >= 0.3 is 6.03 Å². The first-order valence-electron chi connectivity index (χ1n) is 5.59. The van der Waals surface area contributed by atoms with Crippen LogP contribution in [-0.4, -0.2) is 23.3 Å². The highest BCUT2D eigenvalue weighted by atomic mass is 16.3. The Kier molecular flexibility index (Phi) is 4.29. The summed E-state index contributed by atoms with van der Waals surface area (Å²) in [6.07, 6.45) is 0. The van der Waals surface area contributed by atoms with E-state index >= 15 is 0 Å². The Hall–Kier alpha value is -2.06. The van der Waals surface area contributed by atoms with Gasteiger partial charge in [0.05, 0.1) is 23.8 Å². The number of hydrogen-bond acceptors (Lipinski definition) is 3. The number of urea groups is 1. The van der Waals surface area contributed by atoms with Crippen molar-refractivity contribution in [1.29, 1.82) is 5.26 Å². The Morgan fingerprint density at radius 3 is 2.72 bits per heavy atom. The smallest absolute Gasteiger partial charge is 0.319 e. The van der Waals surface area contributed by atoms with Gasteiger partial charge in [-0.2, -0.15) is 5.26 Å². The monoisotopic (exact) mass is 247 g/mol. The van der Waals surface area contributed by atoms with Crippen molar-refractivity contribution in [1.82, 2.24) is 5.32 Å². The topological polar surface area (TPSA) is 85.2 Å². The van der Waals surface area contributed by atoms with Crippen LogP contribution in [0.1, 0.15) is 25.0 Å². The number of carbonyl (C=O) groups is 1. The summed E-state index contributed by atoms with van der Waals surface area (Å²) in [5.74, 6) is 0. The number of amides is 2. The molecule has 0 saturated heterocycles. The molecule has 0 aromatic heterocycles. The molecule has 0 saturated carbocycles. The number of nitrogens with zero attached hydrogens (tertiary/aromatic N) is 1. The van der Waals surface area contributed by atoms with E-state index in [1.54, 1.807) is 32.0 Å². The highest BCUT2D eigenvalue weighted by Gasteiger charge is 2.19. The van der Waals surface area contributed by atoms with Gasteiger partial charge in [-0.3, -0.25) is 0 Å². The Morgan fingerprint density at radius 1 is 1.50 bits per heavy atom. The quantitative estimate of drug-likeness (QED) is 0.760. The third-order valence-corrected chi connectivity index (χ3v) is 2.46. The maximum Gasteiger partial charge on any atom is 0.319 e. The summed E-state index contributed by atoms with van der Waals surface area (Å²) in [5.41, 5.74) is 1.24. The van der Waals surface area contributed by atoms with Gasteiger partial charge in [0.2, 0.25) is 0 Å². The molecule has 1 rings (SSSR count). The van der Waals surface area contributed by atoms with E-state index in [-0.39, 0.29) is 6.61 Å². The molecule has 0 atom stereocenters. The molecule has 18 heavy (non-hydrogen) atoms. The SMILES string of the molecule is Cc1ccc(C#N)cc1NC(=O)NC(C)(C)CO. The van der Waals surface area contributed by atoms with Gasteiger partial charge in [0.15, 0.2) is 0 Å². The highest BCUT2D eigenvalue weighted by molar-refractivity contribution is 5.90. The van der Waals surface area contributed by atoms with Crippen LogP contribution in [0.5, 0.6) is 0 Å². The van der Waals surface area contributed by atoms with Crippen LogP contribution >= 0.6 is 0 Å². The van der Waals surface area contributed by atoms with Crippen molar-refractivity contribution in [2.24, 2.45) is 0 Å². The lowest BCUT2D eigenvalue weighted by Gasteiger charge is -2.23. The van der Waals surface area contributed by atoms with Crippen LogP contribution < -0.4 is 10.6 Å². The number of nitrogens with one attached hydrogen (secondary N) is 2. The van der Waals surface area contributed by atoms with Crippen molar-refractivity contribution in [3.8, 4) is 6.07 Å². The highest BCUT2D eigenvalue weighted by Crippen LogP contribution is 2.16. The van der Waals surface area contributed by atoms with Crippen molar-refractivity contribution in [2.45, 2.75) is 26.3 Å². The average molecular weight is 247 g/mol. The average Bonchev–Trinajstić information content (AvgIpc) is 2.31. The molecule has 0 radical (unpaired) electrons. The number of aliphatic hydroxyl groups excluding tert-OH is 1. The van der Waals surface area contributed by atoms with E-state index in [4.69, 9.17) is 10.4 Å². The zero-order valence-electron chi connectivity index (χ0n) is 10.7. The Bertz CT molecular complexity index is 489. The van der Waals surface area contributed by atoms with Crippen LogP contribution in [-0.2, 0) is 0 Å². The van der Waals surface area contributed by atoms with Gasteiger partial charge in [0.1, 0.15) is 0 Å². The minimum Gasteiger partial charge on any atom is -0.394 e. The summed E-state index contributed by atoms with van der Waals surface area (Å²) in [5, 5.41) is 23.2. The number of carbonyl (C=O) groups excluding carboxylic acids is 1. The Labute approximate surface area is 106 Å². The number of aliphatic hydroxyl groups is 1. The molecule has 3 N–H and O–H groups in total. The van der Waals surface area contributed by atoms with E-state index < -0.39 is 11.6 Å². The van der Waals surface area contributed by atoms with E-state index in [1.807, 2.05) is 13.0 Å². The summed E-state index contributed by atoms with van der Waals surface area (Å²) in [4.78, 5) is 11.7. The molecule has 96 valence electrons. The van der Waals surface area contributed by atoms with E-state index in [9.17, 15) is 4.79 Å². The van der Waals surface area contributed by atoms with Gasteiger partial charge in [-0.15, -0.1) is 0 Å². The minimum atomic E-state index is -0.690. The standard InChI is InChI=1S/C13H17N3O2/c1-9-4-5-10(7-14)6-11(9)15-12(18)16-13(2,3)8-17/h4-6,17H,8H2,1-3H3,(H2,15,16,18). The minimum absolute atomic E-state index is 0.155. The molecule has 0 spiro atoms. The van der Waals surface area contributed by atoms with Crippen molar-refractivity contribution < 1.29 is 9.90 Å². The molecular weight excluding hydrogens is 230 g/mol. The number of nitriles is 1. The van der Waals surface area contributed by atoms with Crippen LogP contribution in [0.4, 0.5) is 10.5 Å². The van der Waals surface area contributed by atoms with Crippen molar-refractivity contribution in [3.63, 3.8) is 0 Å². The van der Waals surface area contributed by atoms with Gasteiger partial charge in [-0.05, 0) is 38.5 Å².